The van der Waals surface area contributed by atoms with Crippen LogP contribution >= 0.6 is 11.3 Å². The second kappa shape index (κ2) is 7.49. The summed E-state index contributed by atoms with van der Waals surface area (Å²) in [5, 5.41) is 12.7. The zero-order valence-electron chi connectivity index (χ0n) is 13.4. The van der Waals surface area contributed by atoms with Gasteiger partial charge in [0, 0.05) is 11.8 Å². The van der Waals surface area contributed by atoms with Crippen LogP contribution in [0.5, 0.6) is 0 Å². The Labute approximate surface area is 136 Å². The highest BCUT2D eigenvalue weighted by Crippen LogP contribution is 2.30. The zero-order chi connectivity index (χ0) is 16.0. The summed E-state index contributed by atoms with van der Waals surface area (Å²) >= 11 is 1.47. The lowest BCUT2D eigenvalue weighted by Crippen LogP contribution is -2.14. The van der Waals surface area contributed by atoms with Gasteiger partial charge in [-0.1, -0.05) is 62.4 Å². The lowest BCUT2D eigenvalue weighted by molar-refractivity contribution is -0.116. The Morgan fingerprint density at radius 2 is 1.95 bits per heavy atom. The van der Waals surface area contributed by atoms with Crippen LogP contribution in [-0.2, 0) is 16.6 Å². The topological polar surface area (TPSA) is 54.9 Å². The molecule has 22 heavy (non-hydrogen) atoms. The Morgan fingerprint density at radius 1 is 1.23 bits per heavy atom. The lowest BCUT2D eigenvalue weighted by Gasteiger charge is -2.17. The molecule has 2 rings (SSSR count). The summed E-state index contributed by atoms with van der Waals surface area (Å²) in [6.45, 7) is 6.40. The second-order valence-electron chi connectivity index (χ2n) is 6.04. The van der Waals surface area contributed by atoms with Gasteiger partial charge < -0.3 is 5.32 Å². The molecule has 1 aromatic carbocycles. The van der Waals surface area contributed by atoms with Crippen molar-refractivity contribution in [3.8, 4) is 0 Å². The Morgan fingerprint density at radius 3 is 2.64 bits per heavy atom. The third-order valence-corrected chi connectivity index (χ3v) is 5.05. The fourth-order valence-corrected chi connectivity index (χ4v) is 2.91. The van der Waals surface area contributed by atoms with Crippen LogP contribution in [0.3, 0.4) is 0 Å². The Hall–Kier alpha value is -1.75. The van der Waals surface area contributed by atoms with E-state index in [0.29, 0.717) is 11.6 Å². The summed E-state index contributed by atoms with van der Waals surface area (Å²) in [6.07, 6.45) is 3.24. The third kappa shape index (κ3) is 4.63. The van der Waals surface area contributed by atoms with Gasteiger partial charge in [0.1, 0.15) is 5.01 Å². The molecule has 1 N–H and O–H groups in total. The number of hydrogen-bond acceptors (Lipinski definition) is 4. The first kappa shape index (κ1) is 16.6. The van der Waals surface area contributed by atoms with E-state index in [4.69, 9.17) is 0 Å². The number of aryl methyl sites for hydroxylation is 1. The third-order valence-electron chi connectivity index (χ3n) is 3.85. The van der Waals surface area contributed by atoms with Crippen molar-refractivity contribution in [2.24, 2.45) is 0 Å². The number of hydrogen-bond donors (Lipinski definition) is 1. The van der Waals surface area contributed by atoms with Gasteiger partial charge in [-0.15, -0.1) is 10.2 Å². The molecule has 5 heteroatoms. The van der Waals surface area contributed by atoms with E-state index in [9.17, 15) is 4.79 Å². The minimum atomic E-state index is 0.00735. The van der Waals surface area contributed by atoms with Gasteiger partial charge >= 0.3 is 0 Å². The van der Waals surface area contributed by atoms with Crippen LogP contribution in [0, 0.1) is 0 Å². The van der Waals surface area contributed by atoms with E-state index in [0.717, 1.165) is 24.3 Å². The summed E-state index contributed by atoms with van der Waals surface area (Å²) in [7, 11) is 0. The minimum absolute atomic E-state index is 0.00735. The van der Waals surface area contributed by atoms with Crippen LogP contribution < -0.4 is 5.32 Å². The molecule has 0 spiro atoms. The molecule has 0 aliphatic rings. The predicted molar refractivity (Wildman–Crippen MR) is 91.2 cm³/mol. The molecule has 1 aromatic heterocycles. The van der Waals surface area contributed by atoms with Gasteiger partial charge in [-0.3, -0.25) is 4.79 Å². The van der Waals surface area contributed by atoms with Gasteiger partial charge in [0.15, 0.2) is 0 Å². The van der Waals surface area contributed by atoms with Crippen LogP contribution in [-0.4, -0.2) is 16.1 Å². The zero-order valence-corrected chi connectivity index (χ0v) is 14.2. The maximum absolute atomic E-state index is 12.0. The van der Waals surface area contributed by atoms with Gasteiger partial charge in [-0.05, 0) is 24.8 Å². The van der Waals surface area contributed by atoms with Crippen LogP contribution in [0.25, 0.3) is 0 Å². The largest absolute Gasteiger partial charge is 0.301 e. The number of carbonyl (C=O) groups excluding carboxylic acids is 1. The SMILES string of the molecule is CCC(C)(C)c1nnc(NC(=O)CCCc2ccccc2)s1. The first-order valence-corrected chi connectivity index (χ1v) is 8.50. The first-order valence-electron chi connectivity index (χ1n) is 7.69. The van der Waals surface area contributed by atoms with Crippen molar-refractivity contribution < 1.29 is 4.79 Å². The molecule has 4 nitrogen and oxygen atoms in total. The number of nitrogens with one attached hydrogen (secondary N) is 1. The average Bonchev–Trinajstić information content (AvgIpc) is 2.97. The van der Waals surface area contributed by atoms with E-state index < -0.39 is 0 Å². The number of anilines is 1. The molecule has 2 aromatic rings. The van der Waals surface area contributed by atoms with Crippen molar-refractivity contribution in [2.45, 2.75) is 51.9 Å². The summed E-state index contributed by atoms with van der Waals surface area (Å²) in [4.78, 5) is 12.0. The summed E-state index contributed by atoms with van der Waals surface area (Å²) in [5.74, 6) is 0.00735. The van der Waals surface area contributed by atoms with E-state index in [2.05, 4.69) is 48.4 Å². The molecule has 118 valence electrons. The number of rotatable bonds is 7. The first-order chi connectivity index (χ1) is 10.5. The molecular formula is C17H23N3OS. The monoisotopic (exact) mass is 317 g/mol. The van der Waals surface area contributed by atoms with E-state index in [1.165, 1.54) is 16.9 Å². The number of carbonyl (C=O) groups is 1. The molecule has 0 aliphatic carbocycles. The molecule has 0 radical (unpaired) electrons. The van der Waals surface area contributed by atoms with Crippen LogP contribution in [0.15, 0.2) is 30.3 Å². The average molecular weight is 317 g/mol. The second-order valence-corrected chi connectivity index (χ2v) is 7.01. The van der Waals surface area contributed by atoms with Gasteiger partial charge in [0.05, 0.1) is 0 Å². The van der Waals surface area contributed by atoms with Crippen molar-refractivity contribution in [1.29, 1.82) is 0 Å². The Kier molecular flexibility index (Phi) is 5.66. The highest BCUT2D eigenvalue weighted by atomic mass is 32.1. The summed E-state index contributed by atoms with van der Waals surface area (Å²) < 4.78 is 0. The Balaban J connectivity index is 1.80. The maximum Gasteiger partial charge on any atom is 0.226 e. The fraction of sp³-hybridized carbons (Fsp3) is 0.471. The molecule has 0 unspecified atom stereocenters. The van der Waals surface area contributed by atoms with E-state index in [1.54, 1.807) is 0 Å². The van der Waals surface area contributed by atoms with Crippen molar-refractivity contribution >= 4 is 22.4 Å². The molecule has 0 atom stereocenters. The molecule has 1 amide bonds. The predicted octanol–water partition coefficient (Wildman–Crippen LogP) is 4.19. The molecule has 1 heterocycles. The highest BCUT2D eigenvalue weighted by molar-refractivity contribution is 7.15. The lowest BCUT2D eigenvalue weighted by atomic mass is 9.91. The number of aromatic nitrogens is 2. The van der Waals surface area contributed by atoms with Gasteiger partial charge in [-0.2, -0.15) is 0 Å². The van der Waals surface area contributed by atoms with E-state index in [1.807, 2.05) is 18.2 Å². The van der Waals surface area contributed by atoms with Crippen molar-refractivity contribution in [3.63, 3.8) is 0 Å². The van der Waals surface area contributed by atoms with Crippen molar-refractivity contribution in [1.82, 2.24) is 10.2 Å². The standard InChI is InChI=1S/C17H23N3OS/c1-4-17(2,3)15-19-20-16(22-15)18-14(21)12-8-11-13-9-6-5-7-10-13/h5-7,9-10H,4,8,11-12H2,1-3H3,(H,18,20,21). The normalized spacial score (nSPS) is 11.4. The molecule has 0 saturated heterocycles. The number of amides is 1. The summed E-state index contributed by atoms with van der Waals surface area (Å²) in [5.41, 5.74) is 1.27. The number of benzene rings is 1. The van der Waals surface area contributed by atoms with Crippen molar-refractivity contribution in [3.05, 3.63) is 40.9 Å². The number of nitrogens with zero attached hydrogens (tertiary/aromatic N) is 2. The van der Waals surface area contributed by atoms with Gasteiger partial charge in [0.2, 0.25) is 11.0 Å². The quantitative estimate of drug-likeness (QED) is 0.833. The Bertz CT molecular complexity index is 607. The highest BCUT2D eigenvalue weighted by Gasteiger charge is 2.23. The van der Waals surface area contributed by atoms with E-state index in [-0.39, 0.29) is 11.3 Å². The van der Waals surface area contributed by atoms with Crippen LogP contribution in [0.1, 0.15) is 50.6 Å². The maximum atomic E-state index is 12.0. The minimum Gasteiger partial charge on any atom is -0.301 e. The van der Waals surface area contributed by atoms with Gasteiger partial charge in [0.25, 0.3) is 0 Å². The van der Waals surface area contributed by atoms with E-state index >= 15 is 0 Å². The van der Waals surface area contributed by atoms with Crippen LogP contribution in [0.2, 0.25) is 0 Å². The molecule has 0 saturated carbocycles. The summed E-state index contributed by atoms with van der Waals surface area (Å²) in [6, 6.07) is 10.2. The smallest absolute Gasteiger partial charge is 0.226 e. The van der Waals surface area contributed by atoms with Gasteiger partial charge in [-0.25, -0.2) is 0 Å². The van der Waals surface area contributed by atoms with Crippen LogP contribution in [0.4, 0.5) is 5.13 Å². The molecule has 0 bridgehead atoms. The fourth-order valence-electron chi connectivity index (χ4n) is 1.98. The molecule has 0 fully saturated rings. The van der Waals surface area contributed by atoms with Crippen molar-refractivity contribution in [2.75, 3.05) is 5.32 Å². The molecule has 0 aliphatic heterocycles. The molecular weight excluding hydrogens is 294 g/mol.